The van der Waals surface area contributed by atoms with Gasteiger partial charge in [-0.1, -0.05) is 6.07 Å². The molecule has 0 radical (unpaired) electrons. The van der Waals surface area contributed by atoms with Crippen molar-refractivity contribution >= 4 is 28.7 Å². The maximum atomic E-state index is 12.0. The highest BCUT2D eigenvalue weighted by atomic mass is 16.1. The van der Waals surface area contributed by atoms with Gasteiger partial charge in [0.1, 0.15) is 0 Å². The Labute approximate surface area is 105 Å². The van der Waals surface area contributed by atoms with E-state index in [1.807, 2.05) is 0 Å². The molecule has 0 saturated carbocycles. The number of nitrogen functional groups attached to an aromatic ring is 3. The van der Waals surface area contributed by atoms with Crippen LogP contribution < -0.4 is 22.5 Å². The van der Waals surface area contributed by atoms with Crippen LogP contribution in [0.4, 0.5) is 22.7 Å². The van der Waals surface area contributed by atoms with Gasteiger partial charge in [0.2, 0.25) is 0 Å². The van der Waals surface area contributed by atoms with Gasteiger partial charge < -0.3 is 22.5 Å². The van der Waals surface area contributed by atoms with E-state index in [0.717, 1.165) is 0 Å². The van der Waals surface area contributed by atoms with Crippen molar-refractivity contribution in [2.45, 2.75) is 0 Å². The third kappa shape index (κ3) is 2.70. The first-order valence-electron chi connectivity index (χ1n) is 5.37. The van der Waals surface area contributed by atoms with Crippen molar-refractivity contribution in [2.24, 2.45) is 0 Å². The molecule has 5 heteroatoms. The normalized spacial score (nSPS) is 10.0. The number of rotatable bonds is 2. The Morgan fingerprint density at radius 1 is 0.889 bits per heavy atom. The summed E-state index contributed by atoms with van der Waals surface area (Å²) in [6.45, 7) is 0. The average Bonchev–Trinajstić information content (AvgIpc) is 2.27. The molecule has 7 N–H and O–H groups in total. The maximum Gasteiger partial charge on any atom is 0.255 e. The fourth-order valence-electron chi connectivity index (χ4n) is 1.63. The van der Waals surface area contributed by atoms with Crippen LogP contribution in [-0.4, -0.2) is 5.91 Å². The fourth-order valence-corrected chi connectivity index (χ4v) is 1.63. The smallest absolute Gasteiger partial charge is 0.255 e. The number of benzene rings is 2. The first kappa shape index (κ1) is 11.8. The minimum atomic E-state index is -0.278. The van der Waals surface area contributed by atoms with Gasteiger partial charge in [0.05, 0.1) is 0 Å². The lowest BCUT2D eigenvalue weighted by molar-refractivity contribution is 0.102. The van der Waals surface area contributed by atoms with Crippen LogP contribution in [-0.2, 0) is 0 Å². The quantitative estimate of drug-likeness (QED) is 0.601. The zero-order valence-corrected chi connectivity index (χ0v) is 9.68. The first-order valence-corrected chi connectivity index (χ1v) is 5.37. The summed E-state index contributed by atoms with van der Waals surface area (Å²) in [5, 5.41) is 2.72. The molecular weight excluding hydrogens is 228 g/mol. The molecule has 0 aliphatic rings. The number of amides is 1. The number of anilines is 4. The maximum absolute atomic E-state index is 12.0. The summed E-state index contributed by atoms with van der Waals surface area (Å²) in [7, 11) is 0. The zero-order valence-electron chi connectivity index (χ0n) is 9.68. The molecule has 0 aliphatic carbocycles. The second-order valence-electron chi connectivity index (χ2n) is 3.97. The molecule has 0 bridgehead atoms. The SMILES string of the molecule is Nc1cccc(NC(=O)c2cc(N)cc(N)c2)c1. The lowest BCUT2D eigenvalue weighted by Gasteiger charge is -2.07. The number of carbonyl (C=O) groups excluding carboxylic acids is 1. The summed E-state index contributed by atoms with van der Waals surface area (Å²) >= 11 is 0. The molecule has 0 saturated heterocycles. The summed E-state index contributed by atoms with van der Waals surface area (Å²) < 4.78 is 0. The second kappa shape index (κ2) is 4.67. The number of hydrogen-bond donors (Lipinski definition) is 4. The zero-order chi connectivity index (χ0) is 13.1. The molecule has 0 aliphatic heterocycles. The predicted molar refractivity (Wildman–Crippen MR) is 74.1 cm³/mol. The monoisotopic (exact) mass is 242 g/mol. The minimum Gasteiger partial charge on any atom is -0.399 e. The van der Waals surface area contributed by atoms with Crippen LogP contribution in [0.3, 0.4) is 0 Å². The van der Waals surface area contributed by atoms with Gasteiger partial charge in [-0.3, -0.25) is 4.79 Å². The lowest BCUT2D eigenvalue weighted by Crippen LogP contribution is -2.12. The van der Waals surface area contributed by atoms with Crippen LogP contribution in [0.1, 0.15) is 10.4 Å². The topological polar surface area (TPSA) is 107 Å². The van der Waals surface area contributed by atoms with Gasteiger partial charge in [0.15, 0.2) is 0 Å². The highest BCUT2D eigenvalue weighted by molar-refractivity contribution is 6.05. The predicted octanol–water partition coefficient (Wildman–Crippen LogP) is 1.69. The molecule has 18 heavy (non-hydrogen) atoms. The van der Waals surface area contributed by atoms with E-state index in [1.165, 1.54) is 0 Å². The van der Waals surface area contributed by atoms with Gasteiger partial charge in [0, 0.05) is 28.3 Å². The van der Waals surface area contributed by atoms with Crippen LogP contribution in [0.15, 0.2) is 42.5 Å². The van der Waals surface area contributed by atoms with E-state index in [4.69, 9.17) is 17.2 Å². The molecule has 0 atom stereocenters. The molecule has 0 spiro atoms. The van der Waals surface area contributed by atoms with Gasteiger partial charge in [-0.05, 0) is 36.4 Å². The summed E-state index contributed by atoms with van der Waals surface area (Å²) in [6, 6.07) is 11.7. The fraction of sp³-hybridized carbons (Fsp3) is 0. The summed E-state index contributed by atoms with van der Waals surface area (Å²) in [5.74, 6) is -0.278. The van der Waals surface area contributed by atoms with Crippen molar-refractivity contribution in [3.8, 4) is 0 Å². The second-order valence-corrected chi connectivity index (χ2v) is 3.97. The third-order valence-corrected chi connectivity index (χ3v) is 2.38. The van der Waals surface area contributed by atoms with Crippen LogP contribution >= 0.6 is 0 Å². The van der Waals surface area contributed by atoms with Crippen molar-refractivity contribution in [1.29, 1.82) is 0 Å². The van der Waals surface area contributed by atoms with E-state index in [9.17, 15) is 4.79 Å². The molecule has 2 aromatic rings. The number of nitrogens with two attached hydrogens (primary N) is 3. The number of carbonyl (C=O) groups is 1. The van der Waals surface area contributed by atoms with E-state index < -0.39 is 0 Å². The molecule has 0 heterocycles. The summed E-state index contributed by atoms with van der Waals surface area (Å²) in [6.07, 6.45) is 0. The van der Waals surface area contributed by atoms with E-state index >= 15 is 0 Å². The first-order chi connectivity index (χ1) is 8.54. The van der Waals surface area contributed by atoms with Crippen LogP contribution in [0, 0.1) is 0 Å². The molecule has 1 amide bonds. The molecular formula is C13H14N4O. The lowest BCUT2D eigenvalue weighted by atomic mass is 10.1. The van der Waals surface area contributed by atoms with Crippen molar-refractivity contribution < 1.29 is 4.79 Å². The Balaban J connectivity index is 2.22. The molecule has 0 unspecified atom stereocenters. The van der Waals surface area contributed by atoms with Crippen LogP contribution in [0.25, 0.3) is 0 Å². The summed E-state index contributed by atoms with van der Waals surface area (Å²) in [4.78, 5) is 12.0. The Morgan fingerprint density at radius 2 is 1.56 bits per heavy atom. The van der Waals surface area contributed by atoms with E-state index in [0.29, 0.717) is 28.3 Å². The van der Waals surface area contributed by atoms with Crippen molar-refractivity contribution in [1.82, 2.24) is 0 Å². The largest absolute Gasteiger partial charge is 0.399 e. The van der Waals surface area contributed by atoms with Gasteiger partial charge >= 0.3 is 0 Å². The van der Waals surface area contributed by atoms with E-state index in [1.54, 1.807) is 42.5 Å². The Hall–Kier alpha value is -2.69. The molecule has 0 fully saturated rings. The molecule has 2 rings (SSSR count). The Kier molecular flexibility index (Phi) is 3.05. The molecule has 0 aromatic heterocycles. The van der Waals surface area contributed by atoms with Gasteiger partial charge in [-0.15, -0.1) is 0 Å². The highest BCUT2D eigenvalue weighted by Crippen LogP contribution is 2.17. The molecule has 2 aromatic carbocycles. The van der Waals surface area contributed by atoms with Crippen LogP contribution in [0.2, 0.25) is 0 Å². The number of nitrogens with one attached hydrogen (secondary N) is 1. The standard InChI is InChI=1S/C13H14N4O/c14-9-2-1-3-12(7-9)17-13(18)8-4-10(15)6-11(16)5-8/h1-7H,14-16H2,(H,17,18). The van der Waals surface area contributed by atoms with Crippen LogP contribution in [0.5, 0.6) is 0 Å². The van der Waals surface area contributed by atoms with Crippen molar-refractivity contribution in [3.63, 3.8) is 0 Å². The number of hydrogen-bond acceptors (Lipinski definition) is 4. The van der Waals surface area contributed by atoms with Gasteiger partial charge in [-0.25, -0.2) is 0 Å². The van der Waals surface area contributed by atoms with E-state index in [2.05, 4.69) is 5.32 Å². The highest BCUT2D eigenvalue weighted by Gasteiger charge is 2.07. The Bertz CT molecular complexity index is 575. The minimum absolute atomic E-state index is 0.278. The van der Waals surface area contributed by atoms with E-state index in [-0.39, 0.29) is 5.91 Å². The third-order valence-electron chi connectivity index (χ3n) is 2.38. The average molecular weight is 242 g/mol. The van der Waals surface area contributed by atoms with Crippen molar-refractivity contribution in [2.75, 3.05) is 22.5 Å². The van der Waals surface area contributed by atoms with Gasteiger partial charge in [-0.2, -0.15) is 0 Å². The molecule has 92 valence electrons. The summed E-state index contributed by atoms with van der Waals surface area (Å²) in [5.41, 5.74) is 19.4. The Morgan fingerprint density at radius 3 is 2.17 bits per heavy atom. The van der Waals surface area contributed by atoms with Gasteiger partial charge in [0.25, 0.3) is 5.91 Å². The van der Waals surface area contributed by atoms with Crippen molar-refractivity contribution in [3.05, 3.63) is 48.0 Å². The molecule has 5 nitrogen and oxygen atoms in total.